The van der Waals surface area contributed by atoms with Gasteiger partial charge in [-0.25, -0.2) is 0 Å². The number of nitrogens with two attached hydrogens (primary N) is 1. The summed E-state index contributed by atoms with van der Waals surface area (Å²) in [6.07, 6.45) is -4.07. The highest BCUT2D eigenvalue weighted by Crippen LogP contribution is 2.33. The molecule has 5 nitrogen and oxygen atoms in total. The van der Waals surface area contributed by atoms with Gasteiger partial charge in [0.15, 0.2) is 11.5 Å². The Kier molecular flexibility index (Phi) is 7.60. The van der Waals surface area contributed by atoms with E-state index in [1.807, 2.05) is 6.07 Å². The molecule has 3 aromatic carbocycles. The Morgan fingerprint density at radius 1 is 0.939 bits per heavy atom. The van der Waals surface area contributed by atoms with E-state index >= 15 is 0 Å². The number of anilines is 1. The zero-order chi connectivity index (χ0) is 24.0. The van der Waals surface area contributed by atoms with Crippen molar-refractivity contribution in [3.05, 3.63) is 89.5 Å². The summed E-state index contributed by atoms with van der Waals surface area (Å²) in [6, 6.07) is 18.0. The lowest BCUT2D eigenvalue weighted by atomic mass is 10.0. The average molecular weight is 458 g/mol. The van der Waals surface area contributed by atoms with Crippen LogP contribution in [0.15, 0.2) is 72.8 Å². The highest BCUT2D eigenvalue weighted by atomic mass is 19.4. The number of carbonyl (C=O) groups is 1. The first-order valence-electron chi connectivity index (χ1n) is 10.2. The van der Waals surface area contributed by atoms with Crippen molar-refractivity contribution in [3.63, 3.8) is 0 Å². The second-order valence-electron chi connectivity index (χ2n) is 7.36. The molecule has 0 aliphatic carbocycles. The summed E-state index contributed by atoms with van der Waals surface area (Å²) in [5.41, 5.74) is 7.41. The molecule has 0 spiro atoms. The van der Waals surface area contributed by atoms with E-state index in [2.05, 4.69) is 0 Å². The van der Waals surface area contributed by atoms with Gasteiger partial charge in [-0.15, -0.1) is 0 Å². The molecule has 0 aromatic heterocycles. The second kappa shape index (κ2) is 10.4. The number of carbonyl (C=O) groups excluding carboxylic acids is 1. The molecular weight excluding hydrogens is 433 g/mol. The van der Waals surface area contributed by atoms with Gasteiger partial charge in [-0.2, -0.15) is 13.2 Å². The average Bonchev–Trinajstić information content (AvgIpc) is 2.83. The molecule has 3 aromatic rings. The largest absolute Gasteiger partial charge is 0.493 e. The second-order valence-corrected chi connectivity index (χ2v) is 7.36. The Bertz CT molecular complexity index is 1070. The normalized spacial score (nSPS) is 12.2. The Morgan fingerprint density at radius 2 is 1.58 bits per heavy atom. The fourth-order valence-corrected chi connectivity index (χ4v) is 3.43. The van der Waals surface area contributed by atoms with Crippen molar-refractivity contribution >= 4 is 11.6 Å². The van der Waals surface area contributed by atoms with E-state index in [1.54, 1.807) is 42.5 Å². The van der Waals surface area contributed by atoms with Gasteiger partial charge in [-0.05, 0) is 41.8 Å². The van der Waals surface area contributed by atoms with E-state index < -0.39 is 17.8 Å². The van der Waals surface area contributed by atoms with E-state index in [0.29, 0.717) is 34.7 Å². The van der Waals surface area contributed by atoms with Gasteiger partial charge in [0.25, 0.3) is 0 Å². The number of benzene rings is 3. The number of hydrogen-bond donors (Lipinski definition) is 1. The fourth-order valence-electron chi connectivity index (χ4n) is 3.43. The topological polar surface area (TPSA) is 64.8 Å². The van der Waals surface area contributed by atoms with Crippen molar-refractivity contribution in [2.75, 3.05) is 25.7 Å². The molecule has 1 atom stereocenters. The van der Waals surface area contributed by atoms with Crippen LogP contribution >= 0.6 is 0 Å². The lowest BCUT2D eigenvalue weighted by Crippen LogP contribution is -2.40. The summed E-state index contributed by atoms with van der Waals surface area (Å²) in [6.45, 7) is 0.209. The number of ether oxygens (including phenoxy) is 2. The van der Waals surface area contributed by atoms with Crippen molar-refractivity contribution < 1.29 is 27.4 Å². The molecule has 0 saturated carbocycles. The SMILES string of the molecule is COc1ccc(N(CCc2ccc(C(F)(F)F)cc2)C(=O)[C@@H](N)c2ccccc2)cc1OC. The maximum absolute atomic E-state index is 13.4. The van der Waals surface area contributed by atoms with Crippen LogP contribution in [-0.4, -0.2) is 26.7 Å². The van der Waals surface area contributed by atoms with Gasteiger partial charge in [0.05, 0.1) is 19.8 Å². The van der Waals surface area contributed by atoms with Gasteiger partial charge in [-0.1, -0.05) is 42.5 Å². The predicted molar refractivity (Wildman–Crippen MR) is 120 cm³/mol. The zero-order valence-corrected chi connectivity index (χ0v) is 18.3. The molecular formula is C25H25F3N2O3. The standard InChI is InChI=1S/C25H25F3N2O3/c1-32-21-13-12-20(16-22(21)33-2)30(24(31)23(29)18-6-4-3-5-7-18)15-14-17-8-10-19(11-9-17)25(26,27)28/h3-13,16,23H,14-15,29H2,1-2H3/t23-/m0/s1. The lowest BCUT2D eigenvalue weighted by Gasteiger charge is -2.27. The first-order chi connectivity index (χ1) is 15.7. The highest BCUT2D eigenvalue weighted by Gasteiger charge is 2.30. The Hall–Kier alpha value is -3.52. The van der Waals surface area contributed by atoms with Crippen LogP contribution in [0.2, 0.25) is 0 Å². The number of halogens is 3. The lowest BCUT2D eigenvalue weighted by molar-refractivity contribution is -0.137. The number of alkyl halides is 3. The maximum atomic E-state index is 13.4. The van der Waals surface area contributed by atoms with Crippen LogP contribution < -0.4 is 20.1 Å². The van der Waals surface area contributed by atoms with E-state index in [0.717, 1.165) is 12.1 Å². The van der Waals surface area contributed by atoms with Gasteiger partial charge in [0.1, 0.15) is 6.04 Å². The summed E-state index contributed by atoms with van der Waals surface area (Å²) in [5, 5.41) is 0. The van der Waals surface area contributed by atoms with Crippen LogP contribution in [0.25, 0.3) is 0 Å². The van der Waals surface area contributed by atoms with Crippen LogP contribution in [0.4, 0.5) is 18.9 Å². The summed E-state index contributed by atoms with van der Waals surface area (Å²) < 4.78 is 49.2. The van der Waals surface area contributed by atoms with Gasteiger partial charge in [0.2, 0.25) is 5.91 Å². The van der Waals surface area contributed by atoms with Gasteiger partial charge >= 0.3 is 6.18 Å². The van der Waals surface area contributed by atoms with E-state index in [4.69, 9.17) is 15.2 Å². The van der Waals surface area contributed by atoms with Crippen LogP contribution in [0.5, 0.6) is 11.5 Å². The van der Waals surface area contributed by atoms with E-state index in [-0.39, 0.29) is 12.5 Å². The monoisotopic (exact) mass is 458 g/mol. The molecule has 0 aliphatic heterocycles. The number of hydrogen-bond acceptors (Lipinski definition) is 4. The Labute approximate surface area is 190 Å². The fraction of sp³-hybridized carbons (Fsp3) is 0.240. The third-order valence-electron chi connectivity index (χ3n) is 5.27. The van der Waals surface area contributed by atoms with Gasteiger partial charge in [0, 0.05) is 18.3 Å². The minimum absolute atomic E-state index is 0.209. The maximum Gasteiger partial charge on any atom is 0.416 e. The summed E-state index contributed by atoms with van der Waals surface area (Å²) >= 11 is 0. The van der Waals surface area contributed by atoms with Crippen molar-refractivity contribution in [3.8, 4) is 11.5 Å². The van der Waals surface area contributed by atoms with Crippen LogP contribution in [0.3, 0.4) is 0 Å². The van der Waals surface area contributed by atoms with Crippen molar-refractivity contribution in [2.45, 2.75) is 18.6 Å². The molecule has 0 aliphatic rings. The number of amides is 1. The molecule has 0 saturated heterocycles. The number of nitrogens with zero attached hydrogens (tertiary/aromatic N) is 1. The predicted octanol–water partition coefficient (Wildman–Crippen LogP) is 5.00. The molecule has 3 rings (SSSR count). The smallest absolute Gasteiger partial charge is 0.416 e. The summed E-state index contributed by atoms with van der Waals surface area (Å²) in [7, 11) is 3.00. The van der Waals surface area contributed by atoms with Crippen LogP contribution in [0, 0.1) is 0 Å². The molecule has 33 heavy (non-hydrogen) atoms. The third kappa shape index (κ3) is 5.84. The van der Waals surface area contributed by atoms with E-state index in [1.165, 1.54) is 31.3 Å². The van der Waals surface area contributed by atoms with Crippen molar-refractivity contribution in [1.82, 2.24) is 0 Å². The molecule has 2 N–H and O–H groups in total. The Balaban J connectivity index is 1.89. The van der Waals surface area contributed by atoms with Crippen LogP contribution in [0.1, 0.15) is 22.7 Å². The molecule has 0 radical (unpaired) electrons. The first-order valence-corrected chi connectivity index (χ1v) is 10.2. The molecule has 0 heterocycles. The Morgan fingerprint density at radius 3 is 2.15 bits per heavy atom. The van der Waals surface area contributed by atoms with E-state index in [9.17, 15) is 18.0 Å². The van der Waals surface area contributed by atoms with Crippen molar-refractivity contribution in [1.29, 1.82) is 0 Å². The quantitative estimate of drug-likeness (QED) is 0.516. The third-order valence-corrected chi connectivity index (χ3v) is 5.27. The van der Waals surface area contributed by atoms with Gasteiger partial charge < -0.3 is 20.1 Å². The first kappa shape index (κ1) is 24.1. The van der Waals surface area contributed by atoms with Crippen LogP contribution in [-0.2, 0) is 17.4 Å². The number of methoxy groups -OCH3 is 2. The minimum Gasteiger partial charge on any atom is -0.493 e. The molecule has 0 fully saturated rings. The van der Waals surface area contributed by atoms with Gasteiger partial charge in [-0.3, -0.25) is 4.79 Å². The summed E-state index contributed by atoms with van der Waals surface area (Å²) in [4.78, 5) is 14.9. The molecule has 0 unspecified atom stereocenters. The zero-order valence-electron chi connectivity index (χ0n) is 18.3. The minimum atomic E-state index is -4.40. The van der Waals surface area contributed by atoms with Crippen molar-refractivity contribution in [2.24, 2.45) is 5.73 Å². The highest BCUT2D eigenvalue weighted by molar-refractivity contribution is 5.98. The number of rotatable bonds is 8. The molecule has 0 bridgehead atoms. The molecule has 174 valence electrons. The molecule has 1 amide bonds. The molecule has 8 heteroatoms. The summed E-state index contributed by atoms with van der Waals surface area (Å²) in [5.74, 6) is 0.597.